The molecule has 1 aromatic heterocycles. The first-order chi connectivity index (χ1) is 12.6. The molecule has 5 nitrogen and oxygen atoms in total. The van der Waals surface area contributed by atoms with Crippen LogP contribution in [0.2, 0.25) is 0 Å². The highest BCUT2D eigenvalue weighted by Gasteiger charge is 2.14. The van der Waals surface area contributed by atoms with Crippen molar-refractivity contribution >= 4 is 5.91 Å². The molecular formula is C20H20FN3O2. The van der Waals surface area contributed by atoms with Gasteiger partial charge in [0, 0.05) is 13.2 Å². The van der Waals surface area contributed by atoms with Gasteiger partial charge >= 0.3 is 0 Å². The maximum atomic E-state index is 12.9. The number of ether oxygens (including phenoxy) is 1. The number of halogens is 1. The highest BCUT2D eigenvalue weighted by Crippen LogP contribution is 2.11. The summed E-state index contributed by atoms with van der Waals surface area (Å²) in [6, 6.07) is 15.7. The fraction of sp³-hybridized carbons (Fsp3) is 0.200. The number of aromatic nitrogens is 2. The molecule has 134 valence electrons. The Hall–Kier alpha value is -3.15. The second-order valence-corrected chi connectivity index (χ2v) is 5.94. The third kappa shape index (κ3) is 4.69. The number of amides is 1. The summed E-state index contributed by atoms with van der Waals surface area (Å²) in [6.45, 7) is 1.36. The van der Waals surface area contributed by atoms with Crippen LogP contribution >= 0.6 is 0 Å². The van der Waals surface area contributed by atoms with Crippen molar-refractivity contribution in [3.05, 3.63) is 83.9 Å². The second-order valence-electron chi connectivity index (χ2n) is 5.94. The molecule has 0 unspecified atom stereocenters. The Kier molecular flexibility index (Phi) is 5.63. The Morgan fingerprint density at radius 2 is 1.88 bits per heavy atom. The smallest absolute Gasteiger partial charge is 0.256 e. The number of rotatable bonds is 7. The molecule has 0 atom stereocenters. The average molecular weight is 353 g/mol. The Labute approximate surface area is 151 Å². The number of hydrogen-bond donors (Lipinski definition) is 0. The van der Waals surface area contributed by atoms with Crippen molar-refractivity contribution in [2.45, 2.75) is 6.54 Å². The number of carbonyl (C=O) groups is 1. The van der Waals surface area contributed by atoms with Crippen LogP contribution in [0.15, 0.2) is 67.0 Å². The molecule has 0 fully saturated rings. The summed E-state index contributed by atoms with van der Waals surface area (Å²) in [4.78, 5) is 14.0. The topological polar surface area (TPSA) is 47.4 Å². The minimum atomic E-state index is -0.308. The van der Waals surface area contributed by atoms with Crippen molar-refractivity contribution in [2.75, 3.05) is 20.2 Å². The van der Waals surface area contributed by atoms with Crippen molar-refractivity contribution in [1.29, 1.82) is 0 Å². The lowest BCUT2D eigenvalue weighted by molar-refractivity contribution is 0.0773. The first kappa shape index (κ1) is 17.7. The lowest BCUT2D eigenvalue weighted by Crippen LogP contribution is -2.30. The van der Waals surface area contributed by atoms with Crippen LogP contribution in [0, 0.1) is 5.82 Å². The maximum Gasteiger partial charge on any atom is 0.256 e. The number of likely N-dealkylation sites (N-methyl/N-ethyl adjacent to an activating group) is 1. The minimum Gasteiger partial charge on any atom is -0.492 e. The first-order valence-electron chi connectivity index (χ1n) is 8.32. The molecule has 1 heterocycles. The van der Waals surface area contributed by atoms with Gasteiger partial charge in [-0.25, -0.2) is 4.39 Å². The number of carbonyl (C=O) groups excluding carboxylic acids is 1. The summed E-state index contributed by atoms with van der Waals surface area (Å²) in [5.74, 6) is 0.145. The van der Waals surface area contributed by atoms with Crippen molar-refractivity contribution in [1.82, 2.24) is 14.7 Å². The Bertz CT molecular complexity index is 847. The SMILES string of the molecule is CN(CCOc1ccc(F)cc1)C(=O)c1cnn(Cc2ccccc2)c1. The lowest BCUT2D eigenvalue weighted by atomic mass is 10.2. The van der Waals surface area contributed by atoms with E-state index < -0.39 is 0 Å². The molecule has 0 radical (unpaired) electrons. The summed E-state index contributed by atoms with van der Waals surface area (Å²) < 4.78 is 20.1. The maximum absolute atomic E-state index is 12.9. The van der Waals surface area contributed by atoms with E-state index in [2.05, 4.69) is 5.10 Å². The molecule has 0 bridgehead atoms. The fourth-order valence-corrected chi connectivity index (χ4v) is 2.48. The van der Waals surface area contributed by atoms with Crippen LogP contribution in [-0.2, 0) is 6.54 Å². The third-order valence-corrected chi connectivity index (χ3v) is 3.92. The highest BCUT2D eigenvalue weighted by atomic mass is 19.1. The fourth-order valence-electron chi connectivity index (χ4n) is 2.48. The first-order valence-corrected chi connectivity index (χ1v) is 8.32. The number of hydrogen-bond acceptors (Lipinski definition) is 3. The predicted octanol–water partition coefficient (Wildman–Crippen LogP) is 3.22. The van der Waals surface area contributed by atoms with Crippen LogP contribution in [0.5, 0.6) is 5.75 Å². The molecule has 0 N–H and O–H groups in total. The van der Waals surface area contributed by atoms with E-state index in [9.17, 15) is 9.18 Å². The number of nitrogens with zero attached hydrogens (tertiary/aromatic N) is 3. The van der Waals surface area contributed by atoms with Crippen molar-refractivity contribution in [3.8, 4) is 5.75 Å². The van der Waals surface area contributed by atoms with Crippen molar-refractivity contribution in [2.24, 2.45) is 0 Å². The van der Waals surface area contributed by atoms with E-state index in [1.807, 2.05) is 30.3 Å². The van der Waals surface area contributed by atoms with E-state index in [1.165, 1.54) is 12.1 Å². The summed E-state index contributed by atoms with van der Waals surface area (Å²) in [7, 11) is 1.71. The molecule has 0 saturated carbocycles. The zero-order valence-corrected chi connectivity index (χ0v) is 14.5. The van der Waals surface area contributed by atoms with E-state index in [1.54, 1.807) is 41.2 Å². The average Bonchev–Trinajstić information content (AvgIpc) is 3.12. The van der Waals surface area contributed by atoms with Gasteiger partial charge < -0.3 is 9.64 Å². The monoisotopic (exact) mass is 353 g/mol. The quantitative estimate of drug-likeness (QED) is 0.655. The van der Waals surface area contributed by atoms with Crippen LogP contribution in [-0.4, -0.2) is 40.8 Å². The molecule has 3 rings (SSSR count). The summed E-state index contributed by atoms with van der Waals surface area (Å²) in [6.07, 6.45) is 3.31. The van der Waals surface area contributed by atoms with Crippen LogP contribution < -0.4 is 4.74 Å². The lowest BCUT2D eigenvalue weighted by Gasteiger charge is -2.16. The van der Waals surface area contributed by atoms with Gasteiger partial charge in [-0.05, 0) is 29.8 Å². The largest absolute Gasteiger partial charge is 0.492 e. The molecule has 0 aliphatic heterocycles. The van der Waals surface area contributed by atoms with Gasteiger partial charge in [0.05, 0.1) is 24.8 Å². The van der Waals surface area contributed by atoms with Crippen molar-refractivity contribution in [3.63, 3.8) is 0 Å². The van der Waals surface area contributed by atoms with Gasteiger partial charge in [0.25, 0.3) is 5.91 Å². The van der Waals surface area contributed by atoms with Gasteiger partial charge in [-0.3, -0.25) is 9.48 Å². The minimum absolute atomic E-state index is 0.119. The highest BCUT2D eigenvalue weighted by molar-refractivity contribution is 5.93. The third-order valence-electron chi connectivity index (χ3n) is 3.92. The van der Waals surface area contributed by atoms with Gasteiger partial charge in [0.1, 0.15) is 18.2 Å². The zero-order valence-electron chi connectivity index (χ0n) is 14.5. The molecule has 0 spiro atoms. The van der Waals surface area contributed by atoms with Crippen LogP contribution in [0.1, 0.15) is 15.9 Å². The zero-order chi connectivity index (χ0) is 18.4. The molecule has 0 saturated heterocycles. The molecule has 3 aromatic rings. The van der Waals surface area contributed by atoms with Gasteiger partial charge in [0.2, 0.25) is 0 Å². The molecule has 2 aromatic carbocycles. The Morgan fingerprint density at radius 1 is 1.15 bits per heavy atom. The summed E-state index contributed by atoms with van der Waals surface area (Å²) in [5, 5.41) is 4.25. The van der Waals surface area contributed by atoms with Crippen LogP contribution in [0.3, 0.4) is 0 Å². The van der Waals surface area contributed by atoms with Crippen molar-refractivity contribution < 1.29 is 13.9 Å². The standard InChI is InChI=1S/C20H20FN3O2/c1-23(11-12-26-19-9-7-18(21)8-10-19)20(25)17-13-22-24(15-17)14-16-5-3-2-4-6-16/h2-10,13,15H,11-12,14H2,1H3. The molecule has 26 heavy (non-hydrogen) atoms. The van der Waals surface area contributed by atoms with E-state index in [0.29, 0.717) is 31.0 Å². The molecule has 1 amide bonds. The van der Waals surface area contributed by atoms with Crippen LogP contribution in [0.4, 0.5) is 4.39 Å². The second kappa shape index (κ2) is 8.29. The molecule has 0 aliphatic carbocycles. The Morgan fingerprint density at radius 3 is 2.62 bits per heavy atom. The van der Waals surface area contributed by atoms with Gasteiger partial charge in [-0.15, -0.1) is 0 Å². The summed E-state index contributed by atoms with van der Waals surface area (Å²) >= 11 is 0. The molecule has 6 heteroatoms. The normalized spacial score (nSPS) is 10.5. The van der Waals surface area contributed by atoms with E-state index in [-0.39, 0.29) is 11.7 Å². The Balaban J connectivity index is 1.51. The van der Waals surface area contributed by atoms with E-state index in [4.69, 9.17) is 4.74 Å². The van der Waals surface area contributed by atoms with E-state index in [0.717, 1.165) is 5.56 Å². The number of benzene rings is 2. The van der Waals surface area contributed by atoms with Gasteiger partial charge in [-0.2, -0.15) is 5.10 Å². The van der Waals surface area contributed by atoms with Crippen LogP contribution in [0.25, 0.3) is 0 Å². The molecular weight excluding hydrogens is 333 g/mol. The predicted molar refractivity (Wildman–Crippen MR) is 96.6 cm³/mol. The van der Waals surface area contributed by atoms with Gasteiger partial charge in [0.15, 0.2) is 0 Å². The molecule has 0 aliphatic rings. The van der Waals surface area contributed by atoms with E-state index >= 15 is 0 Å². The van der Waals surface area contributed by atoms with Gasteiger partial charge in [-0.1, -0.05) is 30.3 Å². The summed E-state index contributed by atoms with van der Waals surface area (Å²) in [5.41, 5.74) is 1.65.